The van der Waals surface area contributed by atoms with Crippen molar-refractivity contribution in [3.63, 3.8) is 0 Å². The van der Waals surface area contributed by atoms with Crippen LogP contribution < -0.4 is 5.43 Å². The third kappa shape index (κ3) is 2.09. The Bertz CT molecular complexity index is 229. The number of rotatable bonds is 2. The molecule has 0 aliphatic carbocycles. The van der Waals surface area contributed by atoms with E-state index >= 15 is 0 Å². The molecule has 0 saturated heterocycles. The maximum atomic E-state index is 10.8. The van der Waals surface area contributed by atoms with E-state index in [9.17, 15) is 4.79 Å². The average molecular weight is 154 g/mol. The number of aliphatic hydroxyl groups excluding tert-OH is 1. The maximum Gasteiger partial charge on any atom is 0.267 e. The molecular weight excluding hydrogens is 144 g/mol. The van der Waals surface area contributed by atoms with Crippen LogP contribution in [0.15, 0.2) is 24.5 Å². The molecule has 0 aromatic carbocycles. The fourth-order valence-electron chi connectivity index (χ4n) is 0.630. The van der Waals surface area contributed by atoms with Gasteiger partial charge in [0.05, 0.1) is 0 Å². The zero-order valence-corrected chi connectivity index (χ0v) is 6.19. The summed E-state index contributed by atoms with van der Waals surface area (Å²) in [4.78, 5) is 10.8. The molecule has 1 aromatic heterocycles. The Labute approximate surface area is 64.4 Å². The summed E-state index contributed by atoms with van der Waals surface area (Å²) < 4.78 is 1.48. The molecule has 2 N–H and O–H groups in total. The predicted octanol–water partition coefficient (Wildman–Crippen LogP) is -0.0610. The zero-order chi connectivity index (χ0) is 8.27. The van der Waals surface area contributed by atoms with Gasteiger partial charge in [-0.15, -0.1) is 0 Å². The molecule has 1 atom stereocenters. The number of carbonyl (C=O) groups is 1. The van der Waals surface area contributed by atoms with Gasteiger partial charge >= 0.3 is 0 Å². The van der Waals surface area contributed by atoms with Crippen molar-refractivity contribution in [2.75, 3.05) is 5.43 Å². The van der Waals surface area contributed by atoms with Crippen molar-refractivity contribution in [1.29, 1.82) is 0 Å². The lowest BCUT2D eigenvalue weighted by Crippen LogP contribution is -2.30. The second-order valence-corrected chi connectivity index (χ2v) is 2.24. The Hall–Kier alpha value is -1.29. The van der Waals surface area contributed by atoms with Crippen molar-refractivity contribution in [2.24, 2.45) is 0 Å². The van der Waals surface area contributed by atoms with E-state index in [0.717, 1.165) is 0 Å². The van der Waals surface area contributed by atoms with E-state index in [1.54, 1.807) is 24.5 Å². The van der Waals surface area contributed by atoms with Crippen LogP contribution in [0.2, 0.25) is 0 Å². The van der Waals surface area contributed by atoms with Gasteiger partial charge in [0.1, 0.15) is 6.10 Å². The molecule has 1 heterocycles. The highest BCUT2D eigenvalue weighted by atomic mass is 16.3. The molecule has 0 aliphatic rings. The first-order chi connectivity index (χ1) is 5.20. The monoisotopic (exact) mass is 154 g/mol. The lowest BCUT2D eigenvalue weighted by molar-refractivity contribution is -0.124. The van der Waals surface area contributed by atoms with Crippen LogP contribution in [0.25, 0.3) is 0 Å². The Morgan fingerprint density at radius 1 is 1.55 bits per heavy atom. The van der Waals surface area contributed by atoms with Crippen molar-refractivity contribution in [1.82, 2.24) is 4.68 Å². The fourth-order valence-corrected chi connectivity index (χ4v) is 0.630. The van der Waals surface area contributed by atoms with Crippen molar-refractivity contribution in [2.45, 2.75) is 13.0 Å². The lowest BCUT2D eigenvalue weighted by atomic mass is 10.4. The van der Waals surface area contributed by atoms with Crippen molar-refractivity contribution < 1.29 is 9.90 Å². The normalized spacial score (nSPS) is 12.5. The second-order valence-electron chi connectivity index (χ2n) is 2.24. The molecule has 4 nitrogen and oxygen atoms in total. The van der Waals surface area contributed by atoms with Crippen LogP contribution in [0.4, 0.5) is 0 Å². The molecule has 4 heteroatoms. The van der Waals surface area contributed by atoms with Crippen LogP contribution in [-0.2, 0) is 4.79 Å². The minimum Gasteiger partial charge on any atom is -0.383 e. The van der Waals surface area contributed by atoms with Crippen molar-refractivity contribution in [3.8, 4) is 0 Å². The number of hydrogen-bond acceptors (Lipinski definition) is 2. The van der Waals surface area contributed by atoms with Crippen LogP contribution >= 0.6 is 0 Å². The minimum atomic E-state index is -0.975. The zero-order valence-electron chi connectivity index (χ0n) is 6.19. The van der Waals surface area contributed by atoms with Crippen molar-refractivity contribution in [3.05, 3.63) is 24.5 Å². The van der Waals surface area contributed by atoms with Gasteiger partial charge in [-0.2, -0.15) is 0 Å². The summed E-state index contributed by atoms with van der Waals surface area (Å²) in [5, 5.41) is 8.79. The van der Waals surface area contributed by atoms with Crippen LogP contribution in [0, 0.1) is 0 Å². The quantitative estimate of drug-likeness (QED) is 0.627. The summed E-state index contributed by atoms with van der Waals surface area (Å²) >= 11 is 0. The smallest absolute Gasteiger partial charge is 0.267 e. The van der Waals surface area contributed by atoms with Crippen molar-refractivity contribution >= 4 is 5.91 Å². The summed E-state index contributed by atoms with van der Waals surface area (Å²) in [7, 11) is 0. The molecule has 0 bridgehead atoms. The largest absolute Gasteiger partial charge is 0.383 e. The highest BCUT2D eigenvalue weighted by Gasteiger charge is 2.06. The van der Waals surface area contributed by atoms with Crippen LogP contribution in [0.5, 0.6) is 0 Å². The highest BCUT2D eigenvalue weighted by molar-refractivity contribution is 5.87. The molecule has 1 aromatic rings. The molecule has 1 rings (SSSR count). The van der Waals surface area contributed by atoms with Crippen LogP contribution in [-0.4, -0.2) is 21.8 Å². The standard InChI is InChI=1S/C7H10N2O2/c1-6(10)7(11)8-9-4-2-3-5-9/h2-6,10H,1H3,(H,8,11)/t6-/m0/s1. The topological polar surface area (TPSA) is 54.3 Å². The molecule has 60 valence electrons. The third-order valence-corrected chi connectivity index (χ3v) is 1.22. The lowest BCUT2D eigenvalue weighted by Gasteiger charge is -2.06. The highest BCUT2D eigenvalue weighted by Crippen LogP contribution is 1.87. The molecule has 0 spiro atoms. The van der Waals surface area contributed by atoms with E-state index in [2.05, 4.69) is 5.43 Å². The third-order valence-electron chi connectivity index (χ3n) is 1.22. The van der Waals surface area contributed by atoms with E-state index in [-0.39, 0.29) is 0 Å². The number of nitrogens with zero attached hydrogens (tertiary/aromatic N) is 1. The Kier molecular flexibility index (Phi) is 2.28. The molecule has 0 aliphatic heterocycles. The van der Waals surface area contributed by atoms with Crippen LogP contribution in [0.3, 0.4) is 0 Å². The number of aliphatic hydroxyl groups is 1. The van der Waals surface area contributed by atoms with Gasteiger partial charge in [-0.25, -0.2) is 0 Å². The SMILES string of the molecule is C[C@H](O)C(=O)Nn1cccc1. The van der Waals surface area contributed by atoms with E-state index in [4.69, 9.17) is 5.11 Å². The summed E-state index contributed by atoms with van der Waals surface area (Å²) in [6, 6.07) is 3.56. The first kappa shape index (κ1) is 7.81. The summed E-state index contributed by atoms with van der Waals surface area (Å²) in [5.74, 6) is -0.416. The van der Waals surface area contributed by atoms with Gasteiger partial charge in [-0.05, 0) is 19.1 Å². The van der Waals surface area contributed by atoms with Crippen LogP contribution in [0.1, 0.15) is 6.92 Å². The van der Waals surface area contributed by atoms with Gasteiger partial charge in [-0.1, -0.05) is 0 Å². The molecule has 0 unspecified atom stereocenters. The minimum absolute atomic E-state index is 0.416. The fraction of sp³-hybridized carbons (Fsp3) is 0.286. The molecular formula is C7H10N2O2. The Morgan fingerprint density at radius 2 is 2.09 bits per heavy atom. The molecule has 1 amide bonds. The summed E-state index contributed by atoms with van der Waals surface area (Å²) in [6.45, 7) is 1.42. The summed E-state index contributed by atoms with van der Waals surface area (Å²) in [5.41, 5.74) is 2.45. The van der Waals surface area contributed by atoms with Gasteiger partial charge in [0.25, 0.3) is 5.91 Å². The summed E-state index contributed by atoms with van der Waals surface area (Å²) in [6.07, 6.45) is 2.39. The number of hydrogen-bond donors (Lipinski definition) is 2. The Balaban J connectivity index is 2.50. The molecule has 0 radical (unpaired) electrons. The molecule has 11 heavy (non-hydrogen) atoms. The van der Waals surface area contributed by atoms with Gasteiger partial charge in [-0.3, -0.25) is 14.9 Å². The Morgan fingerprint density at radius 3 is 2.55 bits per heavy atom. The van der Waals surface area contributed by atoms with Gasteiger partial charge in [0.15, 0.2) is 0 Å². The van der Waals surface area contributed by atoms with E-state index < -0.39 is 12.0 Å². The number of nitrogens with one attached hydrogen (secondary N) is 1. The average Bonchev–Trinajstić information content (AvgIpc) is 2.39. The van der Waals surface area contributed by atoms with E-state index in [1.165, 1.54) is 11.6 Å². The first-order valence-electron chi connectivity index (χ1n) is 3.32. The number of amides is 1. The first-order valence-corrected chi connectivity index (χ1v) is 3.32. The molecule has 0 saturated carbocycles. The number of aromatic nitrogens is 1. The second kappa shape index (κ2) is 3.21. The van der Waals surface area contributed by atoms with E-state index in [1.807, 2.05) is 0 Å². The van der Waals surface area contributed by atoms with Gasteiger partial charge in [0, 0.05) is 12.4 Å². The maximum absolute atomic E-state index is 10.8. The predicted molar refractivity (Wildman–Crippen MR) is 40.5 cm³/mol. The van der Waals surface area contributed by atoms with Gasteiger partial charge in [0.2, 0.25) is 0 Å². The molecule has 0 fully saturated rings. The number of carbonyl (C=O) groups excluding carboxylic acids is 1. The van der Waals surface area contributed by atoms with E-state index in [0.29, 0.717) is 0 Å². The van der Waals surface area contributed by atoms with Gasteiger partial charge < -0.3 is 5.11 Å².